The summed E-state index contributed by atoms with van der Waals surface area (Å²) in [5, 5.41) is 1.34. The number of benzene rings is 1. The molecule has 1 unspecified atom stereocenters. The molecule has 1 aromatic carbocycles. The molecule has 0 radical (unpaired) electrons. The molecular weight excluding hydrogens is 331 g/mol. The van der Waals surface area contributed by atoms with Crippen LogP contribution in [0.2, 0.25) is 5.02 Å². The number of rotatable bonds is 3. The summed E-state index contributed by atoms with van der Waals surface area (Å²) in [6, 6.07) is 5.58. The quantitative estimate of drug-likeness (QED) is 0.752. The molecule has 0 saturated carbocycles. The summed E-state index contributed by atoms with van der Waals surface area (Å²) in [7, 11) is 0. The van der Waals surface area contributed by atoms with Gasteiger partial charge in [-0.25, -0.2) is 0 Å². The summed E-state index contributed by atoms with van der Waals surface area (Å²) in [6.45, 7) is 1.55. The van der Waals surface area contributed by atoms with E-state index in [2.05, 4.69) is 31.9 Å². The first-order valence-corrected chi connectivity index (χ1v) is 6.47. The van der Waals surface area contributed by atoms with Gasteiger partial charge < -0.3 is 0 Å². The van der Waals surface area contributed by atoms with Crippen LogP contribution in [0.4, 0.5) is 0 Å². The molecule has 1 rings (SSSR count). The van der Waals surface area contributed by atoms with Gasteiger partial charge in [-0.05, 0) is 24.1 Å². The number of carbonyl (C=O) groups excluding carboxylic acids is 1. The molecule has 0 amide bonds. The fourth-order valence-electron chi connectivity index (χ4n) is 1.17. The van der Waals surface area contributed by atoms with Gasteiger partial charge in [0.1, 0.15) is 5.78 Å². The third-order valence-corrected chi connectivity index (χ3v) is 3.97. The summed E-state index contributed by atoms with van der Waals surface area (Å²) < 4.78 is 0. The van der Waals surface area contributed by atoms with Crippen LogP contribution < -0.4 is 0 Å². The van der Waals surface area contributed by atoms with Gasteiger partial charge in [0, 0.05) is 10.4 Å². The Morgan fingerprint density at radius 2 is 2.21 bits per heavy atom. The zero-order chi connectivity index (χ0) is 10.7. The molecule has 14 heavy (non-hydrogen) atoms. The van der Waals surface area contributed by atoms with Gasteiger partial charge in [-0.3, -0.25) is 4.79 Å². The van der Waals surface area contributed by atoms with Crippen molar-refractivity contribution < 1.29 is 4.79 Å². The minimum atomic E-state index is -0.270. The highest BCUT2D eigenvalue weighted by Gasteiger charge is 2.17. The Morgan fingerprint density at radius 3 is 2.71 bits per heavy atom. The molecule has 0 aliphatic heterocycles. The van der Waals surface area contributed by atoms with Crippen LogP contribution in [0.5, 0.6) is 0 Å². The smallest absolute Gasteiger partial charge is 0.147 e. The number of carbonyl (C=O) groups is 1. The summed E-state index contributed by atoms with van der Waals surface area (Å²) in [5.41, 5.74) is 1.90. The van der Waals surface area contributed by atoms with E-state index in [1.807, 2.05) is 18.2 Å². The van der Waals surface area contributed by atoms with Gasteiger partial charge in [-0.1, -0.05) is 55.6 Å². The first-order valence-electron chi connectivity index (χ1n) is 4.05. The summed E-state index contributed by atoms with van der Waals surface area (Å²) >= 11 is 12.7. The molecule has 0 fully saturated rings. The number of halogens is 3. The van der Waals surface area contributed by atoms with Crippen LogP contribution >= 0.6 is 43.5 Å². The molecular formula is C10H9Br2ClO. The maximum Gasteiger partial charge on any atom is 0.147 e. The Bertz CT molecular complexity index is 352. The third kappa shape index (κ3) is 2.59. The van der Waals surface area contributed by atoms with Gasteiger partial charge in [0.2, 0.25) is 0 Å². The minimum absolute atomic E-state index is 0.0782. The van der Waals surface area contributed by atoms with Crippen LogP contribution in [-0.2, 0) is 10.1 Å². The molecule has 76 valence electrons. The number of alkyl halides is 2. The SMILES string of the molecule is CC(=O)C(Br)c1cccc(Cl)c1CBr. The van der Waals surface area contributed by atoms with Crippen molar-refractivity contribution >= 4 is 49.2 Å². The van der Waals surface area contributed by atoms with E-state index in [1.165, 1.54) is 0 Å². The van der Waals surface area contributed by atoms with Crippen molar-refractivity contribution in [1.82, 2.24) is 0 Å². The summed E-state index contributed by atoms with van der Waals surface area (Å²) in [6.07, 6.45) is 0. The topological polar surface area (TPSA) is 17.1 Å². The fraction of sp³-hybridized carbons (Fsp3) is 0.300. The van der Waals surface area contributed by atoms with Gasteiger partial charge >= 0.3 is 0 Å². The molecule has 0 heterocycles. The zero-order valence-corrected chi connectivity index (χ0v) is 11.5. The number of Topliss-reactive ketones (excluding diaryl/α,β-unsaturated/α-hetero) is 1. The Kier molecular flexibility index (Phi) is 4.61. The number of hydrogen-bond acceptors (Lipinski definition) is 1. The van der Waals surface area contributed by atoms with Crippen LogP contribution in [0, 0.1) is 0 Å². The second-order valence-corrected chi connectivity index (χ2v) is 4.80. The van der Waals surface area contributed by atoms with Gasteiger partial charge in [0.15, 0.2) is 0 Å². The molecule has 0 bridgehead atoms. The second-order valence-electron chi connectivity index (χ2n) is 2.91. The normalized spacial score (nSPS) is 12.6. The molecule has 4 heteroatoms. The lowest BCUT2D eigenvalue weighted by Crippen LogP contribution is -2.04. The molecule has 0 aliphatic rings. The Morgan fingerprint density at radius 1 is 1.57 bits per heavy atom. The first-order chi connectivity index (χ1) is 6.57. The highest BCUT2D eigenvalue weighted by atomic mass is 79.9. The predicted molar refractivity (Wildman–Crippen MR) is 66.4 cm³/mol. The van der Waals surface area contributed by atoms with Crippen molar-refractivity contribution in [2.75, 3.05) is 0 Å². The average molecular weight is 340 g/mol. The van der Waals surface area contributed by atoms with Crippen LogP contribution in [0.3, 0.4) is 0 Å². The van der Waals surface area contributed by atoms with Crippen molar-refractivity contribution in [3.05, 3.63) is 34.3 Å². The van der Waals surface area contributed by atoms with E-state index < -0.39 is 0 Å². The van der Waals surface area contributed by atoms with Crippen molar-refractivity contribution in [2.24, 2.45) is 0 Å². The Labute approximate surface area is 105 Å². The Balaban J connectivity index is 3.20. The van der Waals surface area contributed by atoms with Crippen LogP contribution in [0.1, 0.15) is 22.9 Å². The van der Waals surface area contributed by atoms with Gasteiger partial charge in [-0.15, -0.1) is 0 Å². The largest absolute Gasteiger partial charge is 0.298 e. The molecule has 1 aromatic rings. The summed E-state index contributed by atoms with van der Waals surface area (Å²) in [5.74, 6) is 0.0782. The lowest BCUT2D eigenvalue weighted by atomic mass is 10.0. The minimum Gasteiger partial charge on any atom is -0.298 e. The number of hydrogen-bond donors (Lipinski definition) is 0. The fourth-order valence-corrected chi connectivity index (χ4v) is 2.64. The maximum atomic E-state index is 11.2. The van der Waals surface area contributed by atoms with Crippen LogP contribution in [-0.4, -0.2) is 5.78 Å². The molecule has 1 nitrogen and oxygen atoms in total. The van der Waals surface area contributed by atoms with Crippen LogP contribution in [0.25, 0.3) is 0 Å². The van der Waals surface area contributed by atoms with E-state index in [9.17, 15) is 4.79 Å². The zero-order valence-electron chi connectivity index (χ0n) is 7.56. The van der Waals surface area contributed by atoms with Gasteiger partial charge in [0.25, 0.3) is 0 Å². The Hall–Kier alpha value is 0.140. The molecule has 0 spiro atoms. The molecule has 1 atom stereocenters. The molecule has 0 saturated heterocycles. The highest BCUT2D eigenvalue weighted by molar-refractivity contribution is 9.09. The predicted octanol–water partition coefficient (Wildman–Crippen LogP) is 4.26. The van der Waals surface area contributed by atoms with Crippen molar-refractivity contribution in [3.63, 3.8) is 0 Å². The molecule has 0 aromatic heterocycles. The van der Waals surface area contributed by atoms with E-state index in [1.54, 1.807) is 6.92 Å². The summed E-state index contributed by atoms with van der Waals surface area (Å²) in [4.78, 5) is 10.9. The van der Waals surface area contributed by atoms with Crippen molar-refractivity contribution in [1.29, 1.82) is 0 Å². The van der Waals surface area contributed by atoms with E-state index in [0.29, 0.717) is 10.4 Å². The van der Waals surface area contributed by atoms with Gasteiger partial charge in [0.05, 0.1) is 4.83 Å². The standard InChI is InChI=1S/C10H9Br2ClO/c1-6(14)10(12)7-3-2-4-9(13)8(7)5-11/h2-4,10H,5H2,1H3. The van der Waals surface area contributed by atoms with Crippen LogP contribution in [0.15, 0.2) is 18.2 Å². The van der Waals surface area contributed by atoms with E-state index >= 15 is 0 Å². The van der Waals surface area contributed by atoms with Crippen molar-refractivity contribution in [3.8, 4) is 0 Å². The van der Waals surface area contributed by atoms with E-state index in [-0.39, 0.29) is 10.6 Å². The monoisotopic (exact) mass is 338 g/mol. The van der Waals surface area contributed by atoms with Gasteiger partial charge in [-0.2, -0.15) is 0 Å². The molecule has 0 N–H and O–H groups in total. The van der Waals surface area contributed by atoms with E-state index in [4.69, 9.17) is 11.6 Å². The second kappa shape index (κ2) is 5.29. The first kappa shape index (κ1) is 12.2. The average Bonchev–Trinajstić information content (AvgIpc) is 2.16. The van der Waals surface area contributed by atoms with Crippen molar-refractivity contribution in [2.45, 2.75) is 17.1 Å². The highest BCUT2D eigenvalue weighted by Crippen LogP contribution is 2.32. The van der Waals surface area contributed by atoms with E-state index in [0.717, 1.165) is 11.1 Å². The molecule has 0 aliphatic carbocycles. The third-order valence-electron chi connectivity index (χ3n) is 1.92. The maximum absolute atomic E-state index is 11.2. The lowest BCUT2D eigenvalue weighted by Gasteiger charge is -2.12. The lowest BCUT2D eigenvalue weighted by molar-refractivity contribution is -0.116. The number of ketones is 1.